The molecule has 0 atom stereocenters. The average molecular weight is 208 g/mol. The smallest absolute Gasteiger partial charge is 0.128 e. The lowest BCUT2D eigenvalue weighted by Gasteiger charge is -2.14. The van der Waals surface area contributed by atoms with E-state index in [1.807, 2.05) is 0 Å². The fraction of sp³-hybridized carbons (Fsp3) is 0.500. The Kier molecular flexibility index (Phi) is 2.33. The van der Waals surface area contributed by atoms with Gasteiger partial charge in [0.25, 0.3) is 0 Å². The number of nitrogens with one attached hydrogen (secondary N) is 1. The van der Waals surface area contributed by atoms with E-state index in [-0.39, 0.29) is 5.82 Å². The van der Waals surface area contributed by atoms with Crippen LogP contribution < -0.4 is 11.1 Å². The lowest BCUT2D eigenvalue weighted by molar-refractivity contribution is 0.609. The SMILES string of the molecule is Cc1cc(NCC2(C)CC2)c(N)cc1F. The molecule has 1 aliphatic carbocycles. The van der Waals surface area contributed by atoms with Crippen LogP contribution in [-0.4, -0.2) is 6.54 Å². The van der Waals surface area contributed by atoms with Crippen LogP contribution in [0.3, 0.4) is 0 Å². The van der Waals surface area contributed by atoms with E-state index in [1.54, 1.807) is 13.0 Å². The Balaban J connectivity index is 2.10. The van der Waals surface area contributed by atoms with E-state index < -0.39 is 0 Å². The van der Waals surface area contributed by atoms with Gasteiger partial charge in [0.2, 0.25) is 0 Å². The summed E-state index contributed by atoms with van der Waals surface area (Å²) in [6.07, 6.45) is 2.53. The molecule has 1 fully saturated rings. The van der Waals surface area contributed by atoms with Crippen LogP contribution in [0, 0.1) is 18.2 Å². The van der Waals surface area contributed by atoms with Crippen molar-refractivity contribution in [2.24, 2.45) is 5.41 Å². The molecule has 0 unspecified atom stereocenters. The second kappa shape index (κ2) is 3.40. The summed E-state index contributed by atoms with van der Waals surface area (Å²) in [5, 5.41) is 3.29. The molecule has 1 aliphatic rings. The lowest BCUT2D eigenvalue weighted by atomic mass is 10.1. The number of anilines is 2. The van der Waals surface area contributed by atoms with Gasteiger partial charge in [-0.05, 0) is 42.9 Å². The third-order valence-corrected chi connectivity index (χ3v) is 3.14. The minimum Gasteiger partial charge on any atom is -0.397 e. The van der Waals surface area contributed by atoms with Gasteiger partial charge in [-0.1, -0.05) is 6.92 Å². The van der Waals surface area contributed by atoms with Crippen molar-refractivity contribution in [2.45, 2.75) is 26.7 Å². The first-order valence-corrected chi connectivity index (χ1v) is 5.30. The molecule has 0 radical (unpaired) electrons. The first kappa shape index (κ1) is 10.3. The summed E-state index contributed by atoms with van der Waals surface area (Å²) in [6, 6.07) is 3.16. The van der Waals surface area contributed by atoms with Crippen molar-refractivity contribution < 1.29 is 4.39 Å². The van der Waals surface area contributed by atoms with Crippen molar-refractivity contribution in [2.75, 3.05) is 17.6 Å². The highest BCUT2D eigenvalue weighted by atomic mass is 19.1. The number of benzene rings is 1. The number of aryl methyl sites for hydroxylation is 1. The van der Waals surface area contributed by atoms with Crippen LogP contribution in [0.1, 0.15) is 25.3 Å². The number of hydrogen-bond donors (Lipinski definition) is 2. The van der Waals surface area contributed by atoms with Crippen LogP contribution in [0.2, 0.25) is 0 Å². The van der Waals surface area contributed by atoms with Crippen molar-refractivity contribution in [3.05, 3.63) is 23.5 Å². The number of rotatable bonds is 3. The van der Waals surface area contributed by atoms with E-state index in [2.05, 4.69) is 12.2 Å². The van der Waals surface area contributed by atoms with E-state index >= 15 is 0 Å². The maximum atomic E-state index is 13.1. The van der Waals surface area contributed by atoms with E-state index in [0.29, 0.717) is 16.7 Å². The molecule has 0 aromatic heterocycles. The zero-order valence-electron chi connectivity index (χ0n) is 9.23. The predicted molar refractivity (Wildman–Crippen MR) is 61.4 cm³/mol. The van der Waals surface area contributed by atoms with E-state index in [4.69, 9.17) is 5.73 Å². The molecular weight excluding hydrogens is 191 g/mol. The van der Waals surface area contributed by atoms with E-state index in [1.165, 1.54) is 18.9 Å². The summed E-state index contributed by atoms with van der Waals surface area (Å²) < 4.78 is 13.1. The molecule has 0 bridgehead atoms. The van der Waals surface area contributed by atoms with E-state index in [9.17, 15) is 4.39 Å². The Morgan fingerprint density at radius 3 is 2.73 bits per heavy atom. The number of nitrogen functional groups attached to an aromatic ring is 1. The first-order valence-electron chi connectivity index (χ1n) is 5.30. The van der Waals surface area contributed by atoms with Crippen molar-refractivity contribution in [3.63, 3.8) is 0 Å². The Hall–Kier alpha value is -1.25. The van der Waals surface area contributed by atoms with Crippen LogP contribution >= 0.6 is 0 Å². The molecule has 15 heavy (non-hydrogen) atoms. The largest absolute Gasteiger partial charge is 0.397 e. The zero-order chi connectivity index (χ0) is 11.1. The molecule has 82 valence electrons. The van der Waals surface area contributed by atoms with Gasteiger partial charge in [-0.15, -0.1) is 0 Å². The molecule has 0 saturated heterocycles. The fourth-order valence-electron chi connectivity index (χ4n) is 1.55. The van der Waals surface area contributed by atoms with Crippen LogP contribution in [-0.2, 0) is 0 Å². The van der Waals surface area contributed by atoms with Crippen LogP contribution in [0.25, 0.3) is 0 Å². The van der Waals surface area contributed by atoms with Gasteiger partial charge in [0.05, 0.1) is 11.4 Å². The molecule has 3 heteroatoms. The molecule has 2 nitrogen and oxygen atoms in total. The minimum absolute atomic E-state index is 0.240. The van der Waals surface area contributed by atoms with Gasteiger partial charge in [-0.25, -0.2) is 4.39 Å². The number of nitrogens with two attached hydrogens (primary N) is 1. The second-order valence-corrected chi connectivity index (χ2v) is 4.85. The zero-order valence-corrected chi connectivity index (χ0v) is 9.23. The standard InChI is InChI=1S/C12H17FN2/c1-8-5-11(10(14)6-9(8)13)15-7-12(2)3-4-12/h5-6,15H,3-4,7,14H2,1-2H3. The van der Waals surface area contributed by atoms with Gasteiger partial charge in [0.15, 0.2) is 0 Å². The maximum Gasteiger partial charge on any atom is 0.128 e. The predicted octanol–water partition coefficient (Wildman–Crippen LogP) is 2.93. The number of halogens is 1. The molecule has 0 heterocycles. The molecule has 0 spiro atoms. The first-order chi connectivity index (χ1) is 7.00. The maximum absolute atomic E-state index is 13.1. The van der Waals surface area contributed by atoms with Crippen LogP contribution in [0.15, 0.2) is 12.1 Å². The van der Waals surface area contributed by atoms with Crippen molar-refractivity contribution in [1.29, 1.82) is 0 Å². The van der Waals surface area contributed by atoms with Gasteiger partial charge >= 0.3 is 0 Å². The van der Waals surface area contributed by atoms with Crippen molar-refractivity contribution in [3.8, 4) is 0 Å². The molecule has 1 saturated carbocycles. The fourth-order valence-corrected chi connectivity index (χ4v) is 1.55. The Bertz CT molecular complexity index is 383. The molecular formula is C12H17FN2. The lowest BCUT2D eigenvalue weighted by Crippen LogP contribution is -2.13. The molecule has 0 amide bonds. The summed E-state index contributed by atoms with van der Waals surface area (Å²) in [5.74, 6) is -0.240. The van der Waals surface area contributed by atoms with Crippen LogP contribution in [0.4, 0.5) is 15.8 Å². The molecule has 1 aromatic rings. The van der Waals surface area contributed by atoms with Gasteiger partial charge < -0.3 is 11.1 Å². The monoisotopic (exact) mass is 208 g/mol. The highest BCUT2D eigenvalue weighted by molar-refractivity contribution is 5.67. The molecule has 3 N–H and O–H groups in total. The normalized spacial score (nSPS) is 17.5. The highest BCUT2D eigenvalue weighted by Crippen LogP contribution is 2.45. The third kappa shape index (κ3) is 2.22. The van der Waals surface area contributed by atoms with Crippen molar-refractivity contribution in [1.82, 2.24) is 0 Å². The highest BCUT2D eigenvalue weighted by Gasteiger charge is 2.36. The summed E-state index contributed by atoms with van der Waals surface area (Å²) in [4.78, 5) is 0. The minimum atomic E-state index is -0.240. The summed E-state index contributed by atoms with van der Waals surface area (Å²) >= 11 is 0. The molecule has 0 aliphatic heterocycles. The third-order valence-electron chi connectivity index (χ3n) is 3.14. The van der Waals surface area contributed by atoms with Crippen molar-refractivity contribution >= 4 is 11.4 Å². The molecule has 1 aromatic carbocycles. The quantitative estimate of drug-likeness (QED) is 0.749. The second-order valence-electron chi connectivity index (χ2n) is 4.85. The van der Waals surface area contributed by atoms with Crippen LogP contribution in [0.5, 0.6) is 0 Å². The Morgan fingerprint density at radius 2 is 2.13 bits per heavy atom. The molecule has 2 rings (SSSR count). The summed E-state index contributed by atoms with van der Waals surface area (Å²) in [7, 11) is 0. The van der Waals surface area contributed by atoms with Gasteiger partial charge in [-0.2, -0.15) is 0 Å². The summed E-state index contributed by atoms with van der Waals surface area (Å²) in [6.45, 7) is 4.91. The topological polar surface area (TPSA) is 38.0 Å². The van der Waals surface area contributed by atoms with Gasteiger partial charge in [-0.3, -0.25) is 0 Å². The Labute approximate surface area is 89.7 Å². The Morgan fingerprint density at radius 1 is 1.47 bits per heavy atom. The van der Waals surface area contributed by atoms with E-state index in [0.717, 1.165) is 12.2 Å². The van der Waals surface area contributed by atoms with Gasteiger partial charge in [0.1, 0.15) is 5.82 Å². The number of hydrogen-bond acceptors (Lipinski definition) is 2. The summed E-state index contributed by atoms with van der Waals surface area (Å²) in [5.41, 5.74) is 8.13. The average Bonchev–Trinajstić information content (AvgIpc) is 2.89. The van der Waals surface area contributed by atoms with Gasteiger partial charge in [0, 0.05) is 6.54 Å².